The molecule has 0 radical (unpaired) electrons. The SMILES string of the molecule is Cc1cnccc1CNCc1csnn1. The van der Waals surface area contributed by atoms with E-state index < -0.39 is 0 Å². The lowest BCUT2D eigenvalue weighted by Gasteiger charge is -2.05. The molecule has 2 rings (SSSR count). The Morgan fingerprint density at radius 2 is 2.33 bits per heavy atom. The van der Waals surface area contributed by atoms with Gasteiger partial charge in [0.1, 0.15) is 0 Å². The molecule has 5 heteroatoms. The van der Waals surface area contributed by atoms with Crippen LogP contribution in [0.2, 0.25) is 0 Å². The summed E-state index contributed by atoms with van der Waals surface area (Å²) < 4.78 is 3.81. The van der Waals surface area contributed by atoms with Crippen molar-refractivity contribution in [1.82, 2.24) is 19.9 Å². The Balaban J connectivity index is 1.86. The van der Waals surface area contributed by atoms with Crippen molar-refractivity contribution in [3.8, 4) is 0 Å². The van der Waals surface area contributed by atoms with Crippen LogP contribution in [-0.2, 0) is 13.1 Å². The van der Waals surface area contributed by atoms with Gasteiger partial charge in [0.2, 0.25) is 0 Å². The smallest absolute Gasteiger partial charge is 0.0893 e. The van der Waals surface area contributed by atoms with Gasteiger partial charge in [-0.15, -0.1) is 5.10 Å². The number of rotatable bonds is 4. The molecule has 0 aromatic carbocycles. The van der Waals surface area contributed by atoms with Gasteiger partial charge in [0.15, 0.2) is 0 Å². The molecule has 0 amide bonds. The van der Waals surface area contributed by atoms with Crippen LogP contribution < -0.4 is 5.32 Å². The topological polar surface area (TPSA) is 50.7 Å². The molecule has 0 atom stereocenters. The quantitative estimate of drug-likeness (QED) is 0.849. The molecule has 78 valence electrons. The summed E-state index contributed by atoms with van der Waals surface area (Å²) in [7, 11) is 0. The summed E-state index contributed by atoms with van der Waals surface area (Å²) in [5.74, 6) is 0. The minimum Gasteiger partial charge on any atom is -0.307 e. The first-order valence-electron chi connectivity index (χ1n) is 4.72. The predicted octanol–water partition coefficient (Wildman–Crippen LogP) is 1.53. The van der Waals surface area contributed by atoms with E-state index in [1.807, 2.05) is 23.8 Å². The van der Waals surface area contributed by atoms with Gasteiger partial charge in [0.25, 0.3) is 0 Å². The molecule has 0 unspecified atom stereocenters. The van der Waals surface area contributed by atoms with Crippen molar-refractivity contribution in [2.75, 3.05) is 0 Å². The van der Waals surface area contributed by atoms with Gasteiger partial charge in [-0.25, -0.2) is 0 Å². The second-order valence-electron chi connectivity index (χ2n) is 3.30. The molecule has 0 aliphatic carbocycles. The van der Waals surface area contributed by atoms with Crippen molar-refractivity contribution < 1.29 is 0 Å². The van der Waals surface area contributed by atoms with Gasteiger partial charge in [-0.05, 0) is 35.6 Å². The minimum absolute atomic E-state index is 0.762. The standard InChI is InChI=1S/C10H12N4S/c1-8-4-11-3-2-9(8)5-12-6-10-7-15-14-13-10/h2-4,7,12H,5-6H2,1H3. The number of pyridine rings is 1. The zero-order valence-electron chi connectivity index (χ0n) is 8.47. The Hall–Kier alpha value is -1.33. The largest absolute Gasteiger partial charge is 0.307 e. The molecule has 4 nitrogen and oxygen atoms in total. The fourth-order valence-corrected chi connectivity index (χ4v) is 1.74. The first kappa shape index (κ1) is 10.2. The fraction of sp³-hybridized carbons (Fsp3) is 0.300. The summed E-state index contributed by atoms with van der Waals surface area (Å²) in [6.07, 6.45) is 3.69. The maximum Gasteiger partial charge on any atom is 0.0893 e. The summed E-state index contributed by atoms with van der Waals surface area (Å²) in [5.41, 5.74) is 3.47. The molecular formula is C10H12N4S. The van der Waals surface area contributed by atoms with Crippen molar-refractivity contribution in [2.24, 2.45) is 0 Å². The van der Waals surface area contributed by atoms with Gasteiger partial charge in [-0.1, -0.05) is 4.49 Å². The van der Waals surface area contributed by atoms with Gasteiger partial charge in [-0.2, -0.15) is 0 Å². The van der Waals surface area contributed by atoms with Crippen LogP contribution in [0.1, 0.15) is 16.8 Å². The van der Waals surface area contributed by atoms with E-state index in [0.29, 0.717) is 0 Å². The van der Waals surface area contributed by atoms with E-state index in [0.717, 1.165) is 18.8 Å². The van der Waals surface area contributed by atoms with Gasteiger partial charge >= 0.3 is 0 Å². The fourth-order valence-electron chi connectivity index (χ4n) is 1.29. The Morgan fingerprint density at radius 1 is 1.40 bits per heavy atom. The number of nitrogens with zero attached hydrogens (tertiary/aromatic N) is 3. The number of aryl methyl sites for hydroxylation is 1. The number of hydrogen-bond acceptors (Lipinski definition) is 5. The molecule has 1 N–H and O–H groups in total. The van der Waals surface area contributed by atoms with E-state index in [2.05, 4.69) is 26.8 Å². The molecule has 0 saturated carbocycles. The first-order valence-corrected chi connectivity index (χ1v) is 5.56. The van der Waals surface area contributed by atoms with Gasteiger partial charge in [-0.3, -0.25) is 4.98 Å². The van der Waals surface area contributed by atoms with E-state index in [-0.39, 0.29) is 0 Å². The highest BCUT2D eigenvalue weighted by molar-refractivity contribution is 7.03. The second kappa shape index (κ2) is 4.95. The molecule has 2 aromatic rings. The molecule has 0 saturated heterocycles. The predicted molar refractivity (Wildman–Crippen MR) is 59.4 cm³/mol. The van der Waals surface area contributed by atoms with Crippen LogP contribution in [0.5, 0.6) is 0 Å². The monoisotopic (exact) mass is 220 g/mol. The molecule has 0 aliphatic heterocycles. The third-order valence-electron chi connectivity index (χ3n) is 2.16. The van der Waals surface area contributed by atoms with Crippen molar-refractivity contribution >= 4 is 11.5 Å². The molecule has 0 fully saturated rings. The molecule has 0 spiro atoms. The first-order chi connectivity index (χ1) is 7.36. The summed E-state index contributed by atoms with van der Waals surface area (Å²) in [6, 6.07) is 2.03. The zero-order valence-corrected chi connectivity index (χ0v) is 9.29. The van der Waals surface area contributed by atoms with Crippen LogP contribution in [0.3, 0.4) is 0 Å². The van der Waals surface area contributed by atoms with Crippen LogP contribution in [0, 0.1) is 6.92 Å². The van der Waals surface area contributed by atoms with Crippen molar-refractivity contribution in [2.45, 2.75) is 20.0 Å². The molecular weight excluding hydrogens is 208 g/mol. The van der Waals surface area contributed by atoms with E-state index in [1.165, 1.54) is 22.7 Å². The summed E-state index contributed by atoms with van der Waals surface area (Å²) in [4.78, 5) is 4.05. The second-order valence-corrected chi connectivity index (χ2v) is 3.91. The summed E-state index contributed by atoms with van der Waals surface area (Å²) in [5, 5.41) is 9.24. The Labute approximate surface area is 92.5 Å². The Kier molecular flexibility index (Phi) is 3.37. The van der Waals surface area contributed by atoms with Crippen LogP contribution in [-0.4, -0.2) is 14.6 Å². The maximum atomic E-state index is 4.05. The maximum absolute atomic E-state index is 4.05. The lowest BCUT2D eigenvalue weighted by molar-refractivity contribution is 0.674. The third kappa shape index (κ3) is 2.81. The Morgan fingerprint density at radius 3 is 3.07 bits per heavy atom. The zero-order chi connectivity index (χ0) is 10.5. The number of aromatic nitrogens is 3. The molecule has 15 heavy (non-hydrogen) atoms. The highest BCUT2D eigenvalue weighted by Crippen LogP contribution is 2.04. The van der Waals surface area contributed by atoms with Crippen molar-refractivity contribution in [3.05, 3.63) is 40.7 Å². The van der Waals surface area contributed by atoms with Crippen LogP contribution in [0.15, 0.2) is 23.8 Å². The van der Waals surface area contributed by atoms with Crippen molar-refractivity contribution in [1.29, 1.82) is 0 Å². The summed E-state index contributed by atoms with van der Waals surface area (Å²) in [6.45, 7) is 3.67. The number of nitrogens with one attached hydrogen (secondary N) is 1. The Bertz CT molecular complexity index is 413. The van der Waals surface area contributed by atoms with E-state index in [9.17, 15) is 0 Å². The van der Waals surface area contributed by atoms with Crippen LogP contribution >= 0.6 is 11.5 Å². The van der Waals surface area contributed by atoms with E-state index in [1.54, 1.807) is 0 Å². The summed E-state index contributed by atoms with van der Waals surface area (Å²) >= 11 is 1.38. The van der Waals surface area contributed by atoms with Gasteiger partial charge in [0, 0.05) is 30.9 Å². The highest BCUT2D eigenvalue weighted by Gasteiger charge is 1.98. The molecule has 2 aromatic heterocycles. The molecule has 0 aliphatic rings. The lowest BCUT2D eigenvalue weighted by atomic mass is 10.1. The van der Waals surface area contributed by atoms with E-state index in [4.69, 9.17) is 0 Å². The minimum atomic E-state index is 0.762. The average molecular weight is 220 g/mol. The third-order valence-corrected chi connectivity index (χ3v) is 2.72. The van der Waals surface area contributed by atoms with Crippen molar-refractivity contribution in [3.63, 3.8) is 0 Å². The normalized spacial score (nSPS) is 10.5. The van der Waals surface area contributed by atoms with Gasteiger partial charge in [0.05, 0.1) is 5.69 Å². The van der Waals surface area contributed by atoms with Gasteiger partial charge < -0.3 is 5.32 Å². The van der Waals surface area contributed by atoms with Crippen LogP contribution in [0.25, 0.3) is 0 Å². The molecule has 0 bridgehead atoms. The highest BCUT2D eigenvalue weighted by atomic mass is 32.1. The van der Waals surface area contributed by atoms with Crippen LogP contribution in [0.4, 0.5) is 0 Å². The molecule has 2 heterocycles. The lowest BCUT2D eigenvalue weighted by Crippen LogP contribution is -2.13. The van der Waals surface area contributed by atoms with E-state index >= 15 is 0 Å². The number of hydrogen-bond donors (Lipinski definition) is 1. The average Bonchev–Trinajstić information content (AvgIpc) is 2.74.